The third kappa shape index (κ3) is 6.88. The first-order valence-corrected chi connectivity index (χ1v) is 13.3. The van der Waals surface area contributed by atoms with Gasteiger partial charge in [0, 0.05) is 32.2 Å². The molecule has 1 unspecified atom stereocenters. The Balaban J connectivity index is 1.38. The van der Waals surface area contributed by atoms with E-state index in [1.807, 2.05) is 49.4 Å². The summed E-state index contributed by atoms with van der Waals surface area (Å²) in [5.74, 6) is 0.211. The minimum Gasteiger partial charge on any atom is -0.374 e. The number of hydrogen-bond acceptors (Lipinski definition) is 4. The molecule has 0 saturated carbocycles. The highest BCUT2D eigenvalue weighted by molar-refractivity contribution is 7.89. The van der Waals surface area contributed by atoms with Crippen molar-refractivity contribution in [3.05, 3.63) is 65.7 Å². The fourth-order valence-corrected chi connectivity index (χ4v) is 5.51. The highest BCUT2D eigenvalue weighted by atomic mass is 32.2. The Kier molecular flexibility index (Phi) is 9.06. The maximum atomic E-state index is 13.0. The molecule has 180 valence electrons. The standard InChI is InChI=1S/C26H36N2O4S/c1-20(2)22-10-12-25(13-11-22)33(30,31)28-17-14-24(15-18-28)26(29)27-16-7-19-32-21(3)23-8-5-4-6-9-23/h4-6,8-13,20-21,24H,7,14-19H2,1-3H3,(H,27,29). The van der Waals surface area contributed by atoms with Crippen molar-refractivity contribution in [1.29, 1.82) is 0 Å². The lowest BCUT2D eigenvalue weighted by Crippen LogP contribution is -2.43. The normalized spacial score (nSPS) is 16.6. The first-order chi connectivity index (χ1) is 15.8. The van der Waals surface area contributed by atoms with Gasteiger partial charge in [0.2, 0.25) is 15.9 Å². The van der Waals surface area contributed by atoms with Crippen LogP contribution in [0.2, 0.25) is 0 Å². The summed E-state index contributed by atoms with van der Waals surface area (Å²) in [5, 5.41) is 2.98. The van der Waals surface area contributed by atoms with E-state index in [9.17, 15) is 13.2 Å². The van der Waals surface area contributed by atoms with Crippen LogP contribution < -0.4 is 5.32 Å². The predicted octanol–water partition coefficient (Wildman–Crippen LogP) is 4.49. The fourth-order valence-electron chi connectivity index (χ4n) is 4.04. The summed E-state index contributed by atoms with van der Waals surface area (Å²) < 4.78 is 33.3. The number of nitrogens with one attached hydrogen (secondary N) is 1. The van der Waals surface area contributed by atoms with Crippen molar-refractivity contribution in [2.45, 2.75) is 57.0 Å². The molecular weight excluding hydrogens is 436 g/mol. The highest BCUT2D eigenvalue weighted by Gasteiger charge is 2.32. The lowest BCUT2D eigenvalue weighted by molar-refractivity contribution is -0.126. The average molecular weight is 473 g/mol. The van der Waals surface area contributed by atoms with Gasteiger partial charge in [0.15, 0.2) is 0 Å². The van der Waals surface area contributed by atoms with Crippen molar-refractivity contribution in [3.8, 4) is 0 Å². The smallest absolute Gasteiger partial charge is 0.243 e. The minimum atomic E-state index is -3.52. The second kappa shape index (κ2) is 11.8. The topological polar surface area (TPSA) is 75.7 Å². The van der Waals surface area contributed by atoms with Crippen LogP contribution in [-0.4, -0.2) is 44.9 Å². The summed E-state index contributed by atoms with van der Waals surface area (Å²) in [6.45, 7) is 8.04. The summed E-state index contributed by atoms with van der Waals surface area (Å²) in [6.07, 6.45) is 1.84. The van der Waals surface area contributed by atoms with E-state index in [1.165, 1.54) is 4.31 Å². The largest absolute Gasteiger partial charge is 0.374 e. The Morgan fingerprint density at radius 3 is 2.24 bits per heavy atom. The van der Waals surface area contributed by atoms with Crippen LogP contribution in [0.1, 0.15) is 63.2 Å². The number of benzene rings is 2. The first-order valence-electron chi connectivity index (χ1n) is 11.8. The van der Waals surface area contributed by atoms with E-state index < -0.39 is 10.0 Å². The molecule has 3 rings (SSSR count). The highest BCUT2D eigenvalue weighted by Crippen LogP contribution is 2.25. The van der Waals surface area contributed by atoms with Crippen molar-refractivity contribution in [2.75, 3.05) is 26.2 Å². The van der Waals surface area contributed by atoms with E-state index in [2.05, 4.69) is 19.2 Å². The summed E-state index contributed by atoms with van der Waals surface area (Å²) in [7, 11) is -3.52. The van der Waals surface area contributed by atoms with Gasteiger partial charge >= 0.3 is 0 Å². The number of ether oxygens (including phenoxy) is 1. The van der Waals surface area contributed by atoms with E-state index in [0.29, 0.717) is 49.9 Å². The van der Waals surface area contributed by atoms with Crippen LogP contribution in [0.5, 0.6) is 0 Å². The number of rotatable bonds is 10. The predicted molar refractivity (Wildman–Crippen MR) is 130 cm³/mol. The van der Waals surface area contributed by atoms with Gasteiger partial charge in [-0.3, -0.25) is 4.79 Å². The Labute approximate surface area is 198 Å². The zero-order valence-electron chi connectivity index (χ0n) is 19.9. The third-order valence-corrected chi connectivity index (χ3v) is 8.18. The van der Waals surface area contributed by atoms with Crippen molar-refractivity contribution < 1.29 is 17.9 Å². The van der Waals surface area contributed by atoms with E-state index in [4.69, 9.17) is 4.74 Å². The van der Waals surface area contributed by atoms with Gasteiger partial charge in [0.05, 0.1) is 11.0 Å². The number of amides is 1. The molecule has 0 bridgehead atoms. The Hall–Kier alpha value is -2.22. The summed E-state index contributed by atoms with van der Waals surface area (Å²) in [5.41, 5.74) is 2.25. The number of piperidine rings is 1. The average Bonchev–Trinajstić information content (AvgIpc) is 2.84. The van der Waals surface area contributed by atoms with Gasteiger partial charge in [-0.1, -0.05) is 56.3 Å². The van der Waals surface area contributed by atoms with Crippen molar-refractivity contribution in [3.63, 3.8) is 0 Å². The van der Waals surface area contributed by atoms with E-state index in [0.717, 1.165) is 17.5 Å². The molecule has 6 nitrogen and oxygen atoms in total. The molecule has 1 aliphatic heterocycles. The molecule has 1 fully saturated rings. The Morgan fingerprint density at radius 1 is 1.00 bits per heavy atom. The molecule has 1 aliphatic rings. The molecular formula is C26H36N2O4S. The molecule has 0 aliphatic carbocycles. The molecule has 33 heavy (non-hydrogen) atoms. The van der Waals surface area contributed by atoms with Crippen molar-refractivity contribution >= 4 is 15.9 Å². The van der Waals surface area contributed by atoms with Crippen LogP contribution in [0.4, 0.5) is 0 Å². The van der Waals surface area contributed by atoms with Crippen LogP contribution in [0, 0.1) is 5.92 Å². The van der Waals surface area contributed by atoms with Crippen molar-refractivity contribution in [1.82, 2.24) is 9.62 Å². The molecule has 7 heteroatoms. The molecule has 2 aromatic rings. The molecule has 1 heterocycles. The van der Waals surface area contributed by atoms with E-state index in [-0.39, 0.29) is 17.9 Å². The number of carbonyl (C=O) groups excluding carboxylic acids is 1. The summed E-state index contributed by atoms with van der Waals surface area (Å²) in [4.78, 5) is 12.8. The molecule has 1 N–H and O–H groups in total. The SMILES string of the molecule is CC(C)c1ccc(S(=O)(=O)N2CCC(C(=O)NCCCOC(C)c3ccccc3)CC2)cc1. The molecule has 1 saturated heterocycles. The number of carbonyl (C=O) groups is 1. The number of hydrogen-bond donors (Lipinski definition) is 1. The van der Waals surface area contributed by atoms with Gasteiger partial charge in [-0.15, -0.1) is 0 Å². The zero-order chi connectivity index (χ0) is 23.8. The van der Waals surface area contributed by atoms with Gasteiger partial charge in [0.1, 0.15) is 0 Å². The number of sulfonamides is 1. The Bertz CT molecular complexity index is 983. The van der Waals surface area contributed by atoms with Crippen LogP contribution in [0.3, 0.4) is 0 Å². The number of nitrogens with zero attached hydrogens (tertiary/aromatic N) is 1. The third-order valence-electron chi connectivity index (χ3n) is 6.27. The maximum Gasteiger partial charge on any atom is 0.243 e. The lowest BCUT2D eigenvalue weighted by atomic mass is 9.97. The molecule has 2 aromatic carbocycles. The second-order valence-corrected chi connectivity index (χ2v) is 10.9. The molecule has 0 radical (unpaired) electrons. The van der Waals surface area contributed by atoms with Crippen LogP contribution >= 0.6 is 0 Å². The van der Waals surface area contributed by atoms with Gasteiger partial charge in [-0.25, -0.2) is 8.42 Å². The Morgan fingerprint density at radius 2 is 1.64 bits per heavy atom. The first kappa shape index (κ1) is 25.4. The van der Waals surface area contributed by atoms with Gasteiger partial charge in [-0.05, 0) is 55.4 Å². The van der Waals surface area contributed by atoms with Gasteiger partial charge in [-0.2, -0.15) is 4.31 Å². The molecule has 1 amide bonds. The second-order valence-electron chi connectivity index (χ2n) is 8.97. The van der Waals surface area contributed by atoms with Crippen molar-refractivity contribution in [2.24, 2.45) is 5.92 Å². The molecule has 0 spiro atoms. The summed E-state index contributed by atoms with van der Waals surface area (Å²) in [6, 6.07) is 17.2. The monoisotopic (exact) mass is 472 g/mol. The molecule has 0 aromatic heterocycles. The quantitative estimate of drug-likeness (QED) is 0.517. The van der Waals surface area contributed by atoms with Crippen LogP contribution in [0.15, 0.2) is 59.5 Å². The minimum absolute atomic E-state index is 0.00411. The fraction of sp³-hybridized carbons (Fsp3) is 0.500. The lowest BCUT2D eigenvalue weighted by Gasteiger charge is -2.30. The van der Waals surface area contributed by atoms with Gasteiger partial charge in [0.25, 0.3) is 0 Å². The van der Waals surface area contributed by atoms with Crippen LogP contribution in [0.25, 0.3) is 0 Å². The molecule has 1 atom stereocenters. The van der Waals surface area contributed by atoms with Crippen LogP contribution in [-0.2, 0) is 19.6 Å². The summed E-state index contributed by atoms with van der Waals surface area (Å²) >= 11 is 0. The van der Waals surface area contributed by atoms with E-state index >= 15 is 0 Å². The zero-order valence-corrected chi connectivity index (χ0v) is 20.7. The van der Waals surface area contributed by atoms with Gasteiger partial charge < -0.3 is 10.1 Å². The van der Waals surface area contributed by atoms with E-state index in [1.54, 1.807) is 12.1 Å². The maximum absolute atomic E-state index is 13.0.